The minimum absolute atomic E-state index is 0.132. The van der Waals surface area contributed by atoms with Crippen LogP contribution < -0.4 is 0 Å². The normalized spacial score (nSPS) is 12.0. The number of methoxy groups -OCH3 is 1. The molecule has 4 heteroatoms. The molecular formula is C15H17ClO3. The summed E-state index contributed by atoms with van der Waals surface area (Å²) in [5.74, 6) is 0.168. The maximum absolute atomic E-state index is 12.6. The van der Waals surface area contributed by atoms with E-state index in [-0.39, 0.29) is 5.78 Å². The van der Waals surface area contributed by atoms with Gasteiger partial charge >= 0.3 is 0 Å². The van der Waals surface area contributed by atoms with Crippen LogP contribution in [0, 0.1) is 0 Å². The molecule has 0 aliphatic rings. The van der Waals surface area contributed by atoms with Crippen molar-refractivity contribution >= 4 is 28.4 Å². The second-order valence-electron chi connectivity index (χ2n) is 4.50. The van der Waals surface area contributed by atoms with Gasteiger partial charge in [-0.2, -0.15) is 0 Å². The molecule has 0 saturated carbocycles. The number of hydrogen-bond donors (Lipinski definition) is 0. The molecule has 0 amide bonds. The number of benzene rings is 1. The molecule has 1 heterocycles. The fourth-order valence-electron chi connectivity index (χ4n) is 2.32. The highest BCUT2D eigenvalue weighted by molar-refractivity contribution is 6.34. The van der Waals surface area contributed by atoms with Gasteiger partial charge in [0.05, 0.1) is 5.02 Å². The van der Waals surface area contributed by atoms with Gasteiger partial charge in [0, 0.05) is 12.5 Å². The average Bonchev–Trinajstić information content (AvgIpc) is 2.86. The van der Waals surface area contributed by atoms with E-state index in [0.717, 1.165) is 5.39 Å². The lowest BCUT2D eigenvalue weighted by atomic mass is 9.90. The number of Topliss-reactive ketones (excluding diaryl/α,β-unsaturated/α-hetero) is 1. The van der Waals surface area contributed by atoms with Crippen LogP contribution in [0.1, 0.15) is 37.2 Å². The maximum Gasteiger partial charge on any atom is 0.229 e. The van der Waals surface area contributed by atoms with Gasteiger partial charge in [-0.1, -0.05) is 37.6 Å². The lowest BCUT2D eigenvalue weighted by molar-refractivity contribution is -0.00450. The first-order valence-corrected chi connectivity index (χ1v) is 6.73. The Morgan fingerprint density at radius 3 is 2.58 bits per heavy atom. The van der Waals surface area contributed by atoms with Crippen LogP contribution >= 0.6 is 11.6 Å². The van der Waals surface area contributed by atoms with Gasteiger partial charge < -0.3 is 9.15 Å². The van der Waals surface area contributed by atoms with Crippen molar-refractivity contribution in [3.05, 3.63) is 35.0 Å². The molecule has 1 aromatic carbocycles. The van der Waals surface area contributed by atoms with Crippen molar-refractivity contribution in [3.63, 3.8) is 0 Å². The number of ether oxygens (including phenoxy) is 1. The Labute approximate surface area is 117 Å². The topological polar surface area (TPSA) is 39.4 Å². The third-order valence-corrected chi connectivity index (χ3v) is 3.96. The van der Waals surface area contributed by atoms with Crippen LogP contribution in [0.15, 0.2) is 28.7 Å². The van der Waals surface area contributed by atoms with E-state index < -0.39 is 5.60 Å². The van der Waals surface area contributed by atoms with E-state index in [0.29, 0.717) is 29.2 Å². The van der Waals surface area contributed by atoms with Crippen LogP contribution in [0.25, 0.3) is 11.0 Å². The van der Waals surface area contributed by atoms with Crippen molar-refractivity contribution in [1.29, 1.82) is 0 Å². The first-order chi connectivity index (χ1) is 9.07. The largest absolute Gasteiger partial charge is 0.451 e. The van der Waals surface area contributed by atoms with Gasteiger partial charge in [-0.3, -0.25) is 4.79 Å². The number of carbonyl (C=O) groups is 1. The molecule has 0 radical (unpaired) electrons. The quantitative estimate of drug-likeness (QED) is 0.758. The van der Waals surface area contributed by atoms with E-state index in [9.17, 15) is 4.79 Å². The molecule has 19 heavy (non-hydrogen) atoms. The van der Waals surface area contributed by atoms with Crippen molar-refractivity contribution in [1.82, 2.24) is 0 Å². The lowest BCUT2D eigenvalue weighted by Gasteiger charge is -2.27. The third-order valence-electron chi connectivity index (χ3n) is 3.67. The summed E-state index contributed by atoms with van der Waals surface area (Å²) < 4.78 is 11.0. The van der Waals surface area contributed by atoms with Crippen molar-refractivity contribution in [2.45, 2.75) is 32.3 Å². The van der Waals surface area contributed by atoms with Crippen LogP contribution in [-0.4, -0.2) is 18.5 Å². The lowest BCUT2D eigenvalue weighted by Crippen LogP contribution is -2.39. The number of furan rings is 1. The molecule has 0 saturated heterocycles. The van der Waals surface area contributed by atoms with Crippen molar-refractivity contribution < 1.29 is 13.9 Å². The summed E-state index contributed by atoms with van der Waals surface area (Å²) in [6.45, 7) is 3.86. The van der Waals surface area contributed by atoms with Crippen molar-refractivity contribution in [2.24, 2.45) is 0 Å². The molecule has 0 aliphatic heterocycles. The second-order valence-corrected chi connectivity index (χ2v) is 4.91. The number of para-hydroxylation sites is 1. The smallest absolute Gasteiger partial charge is 0.229 e. The molecular weight excluding hydrogens is 264 g/mol. The van der Waals surface area contributed by atoms with Crippen LogP contribution in [0.5, 0.6) is 0 Å². The zero-order valence-electron chi connectivity index (χ0n) is 11.3. The van der Waals surface area contributed by atoms with Gasteiger partial charge in [-0.05, 0) is 25.0 Å². The standard InChI is InChI=1S/C15H17ClO3/c1-4-15(5-2,18-3)14(17)12-9-10-7-6-8-11(16)13(10)19-12/h6-9H,4-5H2,1-3H3. The molecule has 0 N–H and O–H groups in total. The summed E-state index contributed by atoms with van der Waals surface area (Å²) in [5.41, 5.74) is -0.273. The van der Waals surface area contributed by atoms with Gasteiger partial charge in [-0.25, -0.2) is 0 Å². The molecule has 0 bridgehead atoms. The van der Waals surface area contributed by atoms with Crippen molar-refractivity contribution in [2.75, 3.05) is 7.11 Å². The van der Waals surface area contributed by atoms with E-state index in [4.69, 9.17) is 20.8 Å². The molecule has 1 aromatic heterocycles. The maximum atomic E-state index is 12.6. The van der Waals surface area contributed by atoms with E-state index in [1.807, 2.05) is 26.0 Å². The Balaban J connectivity index is 2.50. The van der Waals surface area contributed by atoms with Gasteiger partial charge in [0.1, 0.15) is 5.60 Å². The Morgan fingerprint density at radius 1 is 1.37 bits per heavy atom. The highest BCUT2D eigenvalue weighted by Gasteiger charge is 2.37. The fourth-order valence-corrected chi connectivity index (χ4v) is 2.54. The summed E-state index contributed by atoms with van der Waals surface area (Å²) in [5, 5.41) is 1.33. The number of carbonyl (C=O) groups excluding carboxylic acids is 1. The highest BCUT2D eigenvalue weighted by atomic mass is 35.5. The number of halogens is 1. The summed E-state index contributed by atoms with van der Waals surface area (Å²) in [7, 11) is 1.56. The zero-order valence-corrected chi connectivity index (χ0v) is 12.1. The Kier molecular flexibility index (Phi) is 3.97. The minimum Gasteiger partial charge on any atom is -0.451 e. The highest BCUT2D eigenvalue weighted by Crippen LogP contribution is 2.31. The van der Waals surface area contributed by atoms with Crippen LogP contribution in [0.4, 0.5) is 0 Å². The first-order valence-electron chi connectivity index (χ1n) is 6.36. The predicted octanol–water partition coefficient (Wildman–Crippen LogP) is 4.47. The third kappa shape index (κ3) is 2.28. The monoisotopic (exact) mass is 280 g/mol. The Morgan fingerprint density at radius 2 is 2.05 bits per heavy atom. The molecule has 102 valence electrons. The predicted molar refractivity (Wildman–Crippen MR) is 75.9 cm³/mol. The van der Waals surface area contributed by atoms with E-state index in [2.05, 4.69) is 0 Å². The number of fused-ring (bicyclic) bond motifs is 1. The van der Waals surface area contributed by atoms with E-state index >= 15 is 0 Å². The molecule has 0 fully saturated rings. The molecule has 0 atom stereocenters. The Bertz CT molecular complexity index is 588. The van der Waals surface area contributed by atoms with E-state index in [1.54, 1.807) is 19.2 Å². The Hall–Kier alpha value is -1.32. The van der Waals surface area contributed by atoms with Gasteiger partial charge in [-0.15, -0.1) is 0 Å². The van der Waals surface area contributed by atoms with Crippen LogP contribution in [0.2, 0.25) is 5.02 Å². The van der Waals surface area contributed by atoms with Gasteiger partial charge in [0.2, 0.25) is 5.78 Å². The number of ketones is 1. The molecule has 2 rings (SSSR count). The van der Waals surface area contributed by atoms with E-state index in [1.165, 1.54) is 0 Å². The van der Waals surface area contributed by atoms with Gasteiger partial charge in [0.15, 0.2) is 11.3 Å². The van der Waals surface area contributed by atoms with Crippen LogP contribution in [0.3, 0.4) is 0 Å². The van der Waals surface area contributed by atoms with Crippen LogP contribution in [-0.2, 0) is 4.74 Å². The second kappa shape index (κ2) is 5.35. The molecule has 0 unspecified atom stereocenters. The molecule has 0 aliphatic carbocycles. The molecule has 2 aromatic rings. The summed E-state index contributed by atoms with van der Waals surface area (Å²) >= 11 is 6.05. The summed E-state index contributed by atoms with van der Waals surface area (Å²) in [6.07, 6.45) is 1.20. The average molecular weight is 281 g/mol. The number of hydrogen-bond acceptors (Lipinski definition) is 3. The number of rotatable bonds is 5. The fraction of sp³-hybridized carbons (Fsp3) is 0.400. The summed E-state index contributed by atoms with van der Waals surface area (Å²) in [6, 6.07) is 7.17. The first kappa shape index (κ1) is 14.1. The van der Waals surface area contributed by atoms with Gasteiger partial charge in [0.25, 0.3) is 0 Å². The molecule has 0 spiro atoms. The SMILES string of the molecule is CCC(CC)(OC)C(=O)c1cc2cccc(Cl)c2o1. The minimum atomic E-state index is -0.819. The van der Waals surface area contributed by atoms with Crippen molar-refractivity contribution in [3.8, 4) is 0 Å². The summed E-state index contributed by atoms with van der Waals surface area (Å²) in [4.78, 5) is 12.6. The zero-order chi connectivity index (χ0) is 14.0. The molecule has 3 nitrogen and oxygen atoms in total.